The highest BCUT2D eigenvalue weighted by molar-refractivity contribution is 7.23. The minimum absolute atomic E-state index is 0.115. The van der Waals surface area contributed by atoms with E-state index in [4.69, 9.17) is 4.98 Å². The fraction of sp³-hybridized carbons (Fsp3) is 0.320. The molecule has 0 spiro atoms. The molecular weight excluding hydrogens is 422 g/mol. The van der Waals surface area contributed by atoms with Gasteiger partial charge in [-0.1, -0.05) is 37.3 Å². The van der Waals surface area contributed by atoms with Crippen LogP contribution in [-0.2, 0) is 0 Å². The fourth-order valence-electron chi connectivity index (χ4n) is 4.43. The number of carbonyl (C=O) groups is 2. The Labute approximate surface area is 189 Å². The van der Waals surface area contributed by atoms with E-state index in [-0.39, 0.29) is 29.1 Å². The molecule has 1 amide bonds. The summed E-state index contributed by atoms with van der Waals surface area (Å²) in [5.41, 5.74) is 3.93. The van der Waals surface area contributed by atoms with E-state index in [2.05, 4.69) is 5.32 Å². The first kappa shape index (κ1) is 20.8. The highest BCUT2D eigenvalue weighted by atomic mass is 32.1. The predicted molar refractivity (Wildman–Crippen MR) is 126 cm³/mol. The van der Waals surface area contributed by atoms with Gasteiger partial charge in [0.05, 0.1) is 22.0 Å². The van der Waals surface area contributed by atoms with Crippen molar-refractivity contribution in [3.63, 3.8) is 0 Å². The first-order valence-corrected chi connectivity index (χ1v) is 11.5. The van der Waals surface area contributed by atoms with Gasteiger partial charge in [0.15, 0.2) is 10.7 Å². The average molecular weight is 448 g/mol. The molecule has 2 aromatic carbocycles. The lowest BCUT2D eigenvalue weighted by atomic mass is 9.58. The number of rotatable bonds is 5. The number of fused-ring (bicyclic) bond motifs is 3. The van der Waals surface area contributed by atoms with Crippen molar-refractivity contribution >= 4 is 38.2 Å². The predicted octanol–water partition coefficient (Wildman–Crippen LogP) is 4.56. The number of nitrogens with one attached hydrogen (secondary N) is 1. The van der Waals surface area contributed by atoms with Crippen LogP contribution in [0.15, 0.2) is 48.7 Å². The van der Waals surface area contributed by atoms with Crippen LogP contribution in [0, 0.1) is 11.3 Å². The molecule has 1 aliphatic rings. The zero-order valence-corrected chi connectivity index (χ0v) is 19.1. The Balaban J connectivity index is 1.40. The maximum absolute atomic E-state index is 12.8. The van der Waals surface area contributed by atoms with Crippen LogP contribution in [0.3, 0.4) is 0 Å². The van der Waals surface area contributed by atoms with Crippen molar-refractivity contribution in [2.45, 2.75) is 32.8 Å². The summed E-state index contributed by atoms with van der Waals surface area (Å²) >= 11 is 1.55. The maximum Gasteiger partial charge on any atom is 0.251 e. The molecule has 2 unspecified atom stereocenters. The first-order valence-electron chi connectivity index (χ1n) is 10.7. The molecule has 0 aliphatic heterocycles. The molecule has 4 aromatic rings. The molecule has 0 radical (unpaired) electrons. The van der Waals surface area contributed by atoms with E-state index in [1.54, 1.807) is 30.5 Å². The first-order chi connectivity index (χ1) is 15.3. The lowest BCUT2D eigenvalue weighted by Crippen LogP contribution is -2.49. The fourth-order valence-corrected chi connectivity index (χ4v) is 5.47. The van der Waals surface area contributed by atoms with Crippen LogP contribution in [0.2, 0.25) is 0 Å². The second-order valence-corrected chi connectivity index (χ2v) is 10.1. The summed E-state index contributed by atoms with van der Waals surface area (Å²) in [5.74, 6) is 0.231. The van der Waals surface area contributed by atoms with Crippen LogP contribution in [-0.4, -0.2) is 39.3 Å². The Morgan fingerprint density at radius 1 is 1.19 bits per heavy atom. The molecular formula is C25H25N3O3S. The van der Waals surface area contributed by atoms with Gasteiger partial charge < -0.3 is 10.4 Å². The molecule has 0 bridgehead atoms. The third kappa shape index (κ3) is 3.32. The molecule has 2 heterocycles. The van der Waals surface area contributed by atoms with Gasteiger partial charge in [0.1, 0.15) is 0 Å². The maximum atomic E-state index is 12.8. The van der Waals surface area contributed by atoms with Gasteiger partial charge in [-0.25, -0.2) is 4.98 Å². The van der Waals surface area contributed by atoms with Crippen molar-refractivity contribution in [2.24, 2.45) is 11.3 Å². The lowest BCUT2D eigenvalue weighted by molar-refractivity contribution is -0.0969. The topological polar surface area (TPSA) is 83.7 Å². The zero-order valence-electron chi connectivity index (χ0n) is 18.3. The molecule has 2 atom stereocenters. The van der Waals surface area contributed by atoms with E-state index in [0.29, 0.717) is 24.0 Å². The van der Waals surface area contributed by atoms with Crippen LogP contribution >= 0.6 is 11.3 Å². The molecule has 0 saturated heterocycles. The number of aliphatic hydroxyl groups is 1. The van der Waals surface area contributed by atoms with Gasteiger partial charge in [-0.3, -0.25) is 14.0 Å². The molecule has 1 saturated carbocycles. The Morgan fingerprint density at radius 2 is 1.91 bits per heavy atom. The number of thiazole rings is 1. The van der Waals surface area contributed by atoms with E-state index in [0.717, 1.165) is 26.4 Å². The number of nitrogens with zero attached hydrogens (tertiary/aromatic N) is 2. The molecule has 6 nitrogen and oxygen atoms in total. The van der Waals surface area contributed by atoms with Gasteiger partial charge >= 0.3 is 0 Å². The summed E-state index contributed by atoms with van der Waals surface area (Å²) in [6.07, 6.45) is 2.83. The van der Waals surface area contributed by atoms with Gasteiger partial charge in [-0.15, -0.1) is 0 Å². The Morgan fingerprint density at radius 3 is 2.56 bits per heavy atom. The third-order valence-electron chi connectivity index (χ3n) is 6.94. The van der Waals surface area contributed by atoms with E-state index >= 15 is 0 Å². The van der Waals surface area contributed by atoms with Crippen LogP contribution < -0.4 is 5.32 Å². The Bertz CT molecular complexity index is 1350. The summed E-state index contributed by atoms with van der Waals surface area (Å²) in [6.45, 7) is 4.06. The van der Waals surface area contributed by atoms with Crippen molar-refractivity contribution in [1.82, 2.24) is 14.7 Å². The molecule has 7 heteroatoms. The van der Waals surface area contributed by atoms with Crippen molar-refractivity contribution in [3.05, 3.63) is 59.8 Å². The monoisotopic (exact) mass is 447 g/mol. The van der Waals surface area contributed by atoms with E-state index < -0.39 is 0 Å². The normalized spacial score (nSPS) is 19.8. The highest BCUT2D eigenvalue weighted by Crippen LogP contribution is 2.48. The minimum Gasteiger partial charge on any atom is -0.393 e. The lowest BCUT2D eigenvalue weighted by Gasteiger charge is -2.49. The van der Waals surface area contributed by atoms with Crippen LogP contribution in [0.25, 0.3) is 26.4 Å². The second-order valence-electron chi connectivity index (χ2n) is 9.12. The minimum atomic E-state index is -0.318. The Kier molecular flexibility index (Phi) is 4.91. The van der Waals surface area contributed by atoms with Crippen molar-refractivity contribution < 1.29 is 14.7 Å². The van der Waals surface area contributed by atoms with Crippen molar-refractivity contribution in [3.8, 4) is 11.3 Å². The number of aromatic nitrogens is 2. The number of ketones is 1. The van der Waals surface area contributed by atoms with Crippen molar-refractivity contribution in [2.75, 3.05) is 7.05 Å². The highest BCUT2D eigenvalue weighted by Gasteiger charge is 2.47. The SMILES string of the molecule is CNC(=O)c1ccc(-c2cn3c(n2)sc2cc(C(=O)CC4CC(O)C4(C)C)ccc23)cc1. The number of imidazole rings is 1. The number of hydrogen-bond acceptors (Lipinski definition) is 5. The average Bonchev–Trinajstić information content (AvgIpc) is 3.36. The third-order valence-corrected chi connectivity index (χ3v) is 7.95. The number of carbonyl (C=O) groups excluding carboxylic acids is 2. The van der Waals surface area contributed by atoms with Gasteiger partial charge in [0.25, 0.3) is 5.91 Å². The number of amides is 1. The summed E-state index contributed by atoms with van der Waals surface area (Å²) in [6, 6.07) is 13.2. The second kappa shape index (κ2) is 7.53. The summed E-state index contributed by atoms with van der Waals surface area (Å²) < 4.78 is 3.06. The van der Waals surface area contributed by atoms with Crippen LogP contribution in [0.4, 0.5) is 0 Å². The Hall–Kier alpha value is -3.03. The number of Topliss-reactive ketones (excluding diaryl/α,β-unsaturated/α-hetero) is 1. The van der Waals surface area contributed by atoms with Gasteiger partial charge in [-0.05, 0) is 48.1 Å². The largest absolute Gasteiger partial charge is 0.393 e. The number of benzene rings is 2. The van der Waals surface area contributed by atoms with Crippen LogP contribution in [0.1, 0.15) is 47.4 Å². The van der Waals surface area contributed by atoms with Crippen molar-refractivity contribution in [1.29, 1.82) is 0 Å². The molecule has 2 aromatic heterocycles. The summed E-state index contributed by atoms with van der Waals surface area (Å²) in [7, 11) is 1.61. The van der Waals surface area contributed by atoms with E-state index in [1.165, 1.54) is 0 Å². The molecule has 1 aliphatic carbocycles. The standard InChI is InChI=1S/C25H25N3O3S/c1-25(2)17(12-22(25)30)11-20(29)16-8-9-19-21(10-16)32-24-27-18(13-28(19)24)14-4-6-15(7-5-14)23(31)26-3/h4-10,13,17,22,30H,11-12H2,1-3H3,(H,26,31). The number of aliphatic hydroxyl groups excluding tert-OH is 1. The quantitative estimate of drug-likeness (QED) is 0.440. The van der Waals surface area contributed by atoms with E-state index in [9.17, 15) is 14.7 Å². The summed E-state index contributed by atoms with van der Waals surface area (Å²) in [5, 5.41) is 12.6. The van der Waals surface area contributed by atoms with Crippen LogP contribution in [0.5, 0.6) is 0 Å². The summed E-state index contributed by atoms with van der Waals surface area (Å²) in [4.78, 5) is 30.2. The van der Waals surface area contributed by atoms with Gasteiger partial charge in [0.2, 0.25) is 0 Å². The smallest absolute Gasteiger partial charge is 0.251 e. The molecule has 32 heavy (non-hydrogen) atoms. The molecule has 5 rings (SSSR count). The molecule has 1 fully saturated rings. The van der Waals surface area contributed by atoms with Gasteiger partial charge in [-0.2, -0.15) is 0 Å². The molecule has 2 N–H and O–H groups in total. The van der Waals surface area contributed by atoms with Gasteiger partial charge in [0, 0.05) is 36.4 Å². The number of hydrogen-bond donors (Lipinski definition) is 2. The zero-order chi connectivity index (χ0) is 22.6. The van der Waals surface area contributed by atoms with E-state index in [1.807, 2.05) is 54.8 Å². The molecule has 164 valence electrons.